The smallest absolute Gasteiger partial charge is 0.265 e. The SMILES string of the molecule is Cc1nn(C)c(Cl)c1/C=C/C(=O)N1CCCN1C(=O)CNC(=O)CC(C)C. The molecular weight excluding hydrogens is 370 g/mol. The van der Waals surface area contributed by atoms with Crippen molar-refractivity contribution < 1.29 is 14.4 Å². The van der Waals surface area contributed by atoms with Crippen molar-refractivity contribution in [1.29, 1.82) is 0 Å². The predicted molar refractivity (Wildman–Crippen MR) is 102 cm³/mol. The molecule has 27 heavy (non-hydrogen) atoms. The Balaban J connectivity index is 1.98. The van der Waals surface area contributed by atoms with E-state index in [1.54, 1.807) is 13.1 Å². The average Bonchev–Trinajstić information content (AvgIpc) is 3.16. The van der Waals surface area contributed by atoms with E-state index >= 15 is 0 Å². The van der Waals surface area contributed by atoms with E-state index in [9.17, 15) is 14.4 Å². The van der Waals surface area contributed by atoms with Gasteiger partial charge in [-0.2, -0.15) is 5.10 Å². The molecule has 148 valence electrons. The Kier molecular flexibility index (Phi) is 7.01. The molecule has 1 fully saturated rings. The van der Waals surface area contributed by atoms with E-state index in [1.165, 1.54) is 20.8 Å². The first kappa shape index (κ1) is 21.0. The van der Waals surface area contributed by atoms with Gasteiger partial charge in [-0.1, -0.05) is 25.4 Å². The molecular formula is C18H26ClN5O3. The van der Waals surface area contributed by atoms with Gasteiger partial charge in [0.05, 0.1) is 12.2 Å². The van der Waals surface area contributed by atoms with Crippen LogP contribution in [0.3, 0.4) is 0 Å². The summed E-state index contributed by atoms with van der Waals surface area (Å²) in [6, 6.07) is 0. The van der Waals surface area contributed by atoms with Gasteiger partial charge in [0.15, 0.2) is 0 Å². The van der Waals surface area contributed by atoms with E-state index in [-0.39, 0.29) is 30.2 Å². The number of rotatable bonds is 6. The topological polar surface area (TPSA) is 87.5 Å². The molecule has 1 aromatic heterocycles. The molecule has 8 nitrogen and oxygen atoms in total. The maximum absolute atomic E-state index is 12.5. The van der Waals surface area contributed by atoms with Crippen LogP contribution >= 0.6 is 11.6 Å². The van der Waals surface area contributed by atoms with Crippen LogP contribution in [0.15, 0.2) is 6.08 Å². The van der Waals surface area contributed by atoms with Crippen LogP contribution in [0.5, 0.6) is 0 Å². The highest BCUT2D eigenvalue weighted by atomic mass is 35.5. The molecule has 1 aromatic rings. The number of hydrogen-bond acceptors (Lipinski definition) is 4. The monoisotopic (exact) mass is 395 g/mol. The molecule has 0 saturated carbocycles. The Morgan fingerprint density at radius 2 is 1.93 bits per heavy atom. The quantitative estimate of drug-likeness (QED) is 0.740. The molecule has 9 heteroatoms. The first-order valence-electron chi connectivity index (χ1n) is 8.96. The summed E-state index contributed by atoms with van der Waals surface area (Å²) >= 11 is 6.16. The van der Waals surface area contributed by atoms with Crippen molar-refractivity contribution in [2.45, 2.75) is 33.6 Å². The molecule has 1 aliphatic heterocycles. The largest absolute Gasteiger partial charge is 0.347 e. The van der Waals surface area contributed by atoms with Gasteiger partial charge in [0.25, 0.3) is 11.8 Å². The van der Waals surface area contributed by atoms with Gasteiger partial charge in [-0.15, -0.1) is 0 Å². The van der Waals surface area contributed by atoms with Crippen LogP contribution in [-0.4, -0.2) is 57.2 Å². The standard InChI is InChI=1S/C18H26ClN5O3/c1-12(2)10-15(25)20-11-17(27)24-9-5-8-23(24)16(26)7-6-14-13(3)21-22(4)18(14)19/h6-7,12H,5,8-11H2,1-4H3,(H,20,25)/b7-6+. The Morgan fingerprint density at radius 1 is 1.26 bits per heavy atom. The highest BCUT2D eigenvalue weighted by Gasteiger charge is 2.29. The lowest BCUT2D eigenvalue weighted by Crippen LogP contribution is -2.48. The molecule has 2 heterocycles. The van der Waals surface area contributed by atoms with Gasteiger partial charge >= 0.3 is 0 Å². The minimum absolute atomic E-state index is 0.118. The van der Waals surface area contributed by atoms with Crippen molar-refractivity contribution in [2.75, 3.05) is 19.6 Å². The second-order valence-corrected chi connectivity index (χ2v) is 7.31. The van der Waals surface area contributed by atoms with Crippen molar-refractivity contribution in [3.8, 4) is 0 Å². The highest BCUT2D eigenvalue weighted by Crippen LogP contribution is 2.20. The van der Waals surface area contributed by atoms with Crippen molar-refractivity contribution >= 4 is 35.4 Å². The number of nitrogens with zero attached hydrogens (tertiary/aromatic N) is 4. The lowest BCUT2D eigenvalue weighted by molar-refractivity contribution is -0.154. The van der Waals surface area contributed by atoms with Gasteiger partial charge in [-0.3, -0.25) is 19.1 Å². The molecule has 0 bridgehead atoms. The van der Waals surface area contributed by atoms with Gasteiger partial charge < -0.3 is 5.32 Å². The minimum Gasteiger partial charge on any atom is -0.347 e. The molecule has 3 amide bonds. The van der Waals surface area contributed by atoms with E-state index in [2.05, 4.69) is 10.4 Å². The number of nitrogens with one attached hydrogen (secondary N) is 1. The molecule has 0 spiro atoms. The fourth-order valence-corrected chi connectivity index (χ4v) is 3.12. The second-order valence-electron chi connectivity index (χ2n) is 6.95. The number of amides is 3. The normalized spacial score (nSPS) is 14.4. The third kappa shape index (κ3) is 5.32. The van der Waals surface area contributed by atoms with Crippen LogP contribution in [-0.2, 0) is 21.4 Å². The summed E-state index contributed by atoms with van der Waals surface area (Å²) in [6.45, 7) is 6.46. The first-order chi connectivity index (χ1) is 12.7. The van der Waals surface area contributed by atoms with Crippen molar-refractivity contribution in [3.63, 3.8) is 0 Å². The molecule has 0 aliphatic carbocycles. The fourth-order valence-electron chi connectivity index (χ4n) is 2.88. The zero-order valence-corrected chi connectivity index (χ0v) is 16.9. The van der Waals surface area contributed by atoms with Crippen molar-refractivity contribution in [3.05, 3.63) is 22.5 Å². The third-order valence-electron chi connectivity index (χ3n) is 4.19. The minimum atomic E-state index is -0.311. The van der Waals surface area contributed by atoms with Crippen LogP contribution in [0.1, 0.15) is 37.9 Å². The second kappa shape index (κ2) is 9.03. The summed E-state index contributed by atoms with van der Waals surface area (Å²) in [7, 11) is 1.73. The first-order valence-corrected chi connectivity index (χ1v) is 9.34. The zero-order valence-electron chi connectivity index (χ0n) is 16.2. The Morgan fingerprint density at radius 3 is 2.52 bits per heavy atom. The molecule has 1 N–H and O–H groups in total. The maximum atomic E-state index is 12.5. The summed E-state index contributed by atoms with van der Waals surface area (Å²) < 4.78 is 1.53. The molecule has 1 aliphatic rings. The molecule has 0 aromatic carbocycles. The summed E-state index contributed by atoms with van der Waals surface area (Å²) in [5.74, 6) is -0.564. The lowest BCUT2D eigenvalue weighted by Gasteiger charge is -2.27. The third-order valence-corrected chi connectivity index (χ3v) is 4.64. The van der Waals surface area contributed by atoms with E-state index in [0.29, 0.717) is 42.3 Å². The highest BCUT2D eigenvalue weighted by molar-refractivity contribution is 6.31. The van der Waals surface area contributed by atoms with Crippen LogP contribution in [0.2, 0.25) is 5.15 Å². The number of aromatic nitrogens is 2. The lowest BCUT2D eigenvalue weighted by atomic mass is 10.1. The molecule has 0 radical (unpaired) electrons. The van der Waals surface area contributed by atoms with E-state index in [4.69, 9.17) is 11.6 Å². The van der Waals surface area contributed by atoms with Crippen molar-refractivity contribution in [1.82, 2.24) is 25.1 Å². The van der Waals surface area contributed by atoms with Gasteiger partial charge in [-0.05, 0) is 25.3 Å². The van der Waals surface area contributed by atoms with Gasteiger partial charge in [0.2, 0.25) is 5.91 Å². The maximum Gasteiger partial charge on any atom is 0.265 e. The van der Waals surface area contributed by atoms with Crippen molar-refractivity contribution in [2.24, 2.45) is 13.0 Å². The predicted octanol–water partition coefficient (Wildman–Crippen LogP) is 1.53. The zero-order chi connectivity index (χ0) is 20.1. The summed E-state index contributed by atoms with van der Waals surface area (Å²) in [6.07, 6.45) is 4.05. The summed E-state index contributed by atoms with van der Waals surface area (Å²) in [4.78, 5) is 36.6. The number of halogens is 1. The van der Waals surface area contributed by atoms with Crippen LogP contribution in [0, 0.1) is 12.8 Å². The van der Waals surface area contributed by atoms with Gasteiger partial charge in [0.1, 0.15) is 5.15 Å². The Bertz CT molecular complexity index is 756. The van der Waals surface area contributed by atoms with E-state index in [1.807, 2.05) is 20.8 Å². The molecule has 0 atom stereocenters. The fraction of sp³-hybridized carbons (Fsp3) is 0.556. The number of carbonyl (C=O) groups excluding carboxylic acids is 3. The molecule has 2 rings (SSSR count). The van der Waals surface area contributed by atoms with Gasteiger partial charge in [0, 0.05) is 38.2 Å². The van der Waals surface area contributed by atoms with Crippen LogP contribution in [0.25, 0.3) is 6.08 Å². The number of hydrogen-bond donors (Lipinski definition) is 1. The van der Waals surface area contributed by atoms with Crippen LogP contribution < -0.4 is 5.32 Å². The average molecular weight is 396 g/mol. The summed E-state index contributed by atoms with van der Waals surface area (Å²) in [5.41, 5.74) is 1.39. The van der Waals surface area contributed by atoms with E-state index in [0.717, 1.165) is 0 Å². The molecule has 1 saturated heterocycles. The van der Waals surface area contributed by atoms with Crippen LogP contribution in [0.4, 0.5) is 0 Å². The summed E-state index contributed by atoms with van der Waals surface area (Å²) in [5, 5.41) is 10.0. The molecule has 0 unspecified atom stereocenters. The number of aryl methyl sites for hydroxylation is 2. The van der Waals surface area contributed by atoms with E-state index < -0.39 is 0 Å². The Hall–Kier alpha value is -2.35. The Labute approximate surface area is 164 Å². The number of carbonyl (C=O) groups is 3. The number of hydrazine groups is 1. The van der Waals surface area contributed by atoms with Gasteiger partial charge in [-0.25, -0.2) is 10.0 Å².